The molecule has 0 atom stereocenters. The Hall–Kier alpha value is -1.69. The van der Waals surface area contributed by atoms with Crippen LogP contribution < -0.4 is 0 Å². The van der Waals surface area contributed by atoms with Crippen molar-refractivity contribution in [1.82, 2.24) is 4.90 Å². The second-order valence-corrected chi connectivity index (χ2v) is 15.2. The molecule has 5 heteroatoms. The summed E-state index contributed by atoms with van der Waals surface area (Å²) in [6, 6.07) is 0. The molecule has 0 spiro atoms. The van der Waals surface area contributed by atoms with Crippen LogP contribution in [0, 0.1) is 10.8 Å². The maximum Gasteiger partial charge on any atom is 0.306 e. The van der Waals surface area contributed by atoms with Gasteiger partial charge in [-0.3, -0.25) is 4.79 Å². The summed E-state index contributed by atoms with van der Waals surface area (Å²) >= 11 is 0. The summed E-state index contributed by atoms with van der Waals surface area (Å²) in [4.78, 5) is 15.4. The zero-order chi connectivity index (χ0) is 34.4. The quantitative estimate of drug-likeness (QED) is 0.0446. The Morgan fingerprint density at radius 3 is 1.46 bits per heavy atom. The summed E-state index contributed by atoms with van der Waals surface area (Å²) in [5.74, 6) is -0.0181. The van der Waals surface area contributed by atoms with E-state index in [4.69, 9.17) is 14.9 Å². The van der Waals surface area contributed by atoms with Crippen LogP contribution in [-0.4, -0.2) is 61.0 Å². The normalized spacial score (nSPS) is 13.2. The number of unbranched alkanes of at least 4 members (excludes halogenated alkanes) is 12. The fraction of sp³-hybridized carbons (Fsp3) is 0.780. The molecule has 0 saturated carbocycles. The third kappa shape index (κ3) is 30.9. The van der Waals surface area contributed by atoms with Crippen LogP contribution >= 0.6 is 0 Å². The van der Waals surface area contributed by atoms with Crippen molar-refractivity contribution in [3.63, 3.8) is 0 Å². The summed E-state index contributed by atoms with van der Waals surface area (Å²) < 4.78 is 6.19. The van der Waals surface area contributed by atoms with E-state index in [1.54, 1.807) is 12.2 Å². The van der Waals surface area contributed by atoms with Gasteiger partial charge in [0.05, 0.1) is 19.6 Å². The minimum Gasteiger partial charge on any atom is -0.462 e. The molecule has 5 nitrogen and oxygen atoms in total. The predicted molar refractivity (Wildman–Crippen MR) is 199 cm³/mol. The van der Waals surface area contributed by atoms with Crippen molar-refractivity contribution < 1.29 is 19.7 Å². The lowest BCUT2D eigenvalue weighted by Crippen LogP contribution is -2.34. The number of carbonyl (C=O) groups is 1. The number of ether oxygens (including phenoxy) is 1. The average molecular weight is 646 g/mol. The van der Waals surface area contributed by atoms with Crippen molar-refractivity contribution in [3.8, 4) is 0 Å². The number of nitrogens with zero attached hydrogens (tertiary/aromatic N) is 1. The van der Waals surface area contributed by atoms with Crippen LogP contribution in [-0.2, 0) is 9.53 Å². The van der Waals surface area contributed by atoms with Crippen molar-refractivity contribution in [2.75, 3.05) is 33.9 Å². The number of hydrogen-bond acceptors (Lipinski definition) is 5. The van der Waals surface area contributed by atoms with Gasteiger partial charge in [0.1, 0.15) is 6.10 Å². The number of hydrogen-bond donors (Lipinski definition) is 2. The Labute approximate surface area is 285 Å². The van der Waals surface area contributed by atoms with E-state index in [0.717, 1.165) is 64.3 Å². The Morgan fingerprint density at radius 2 is 1.02 bits per heavy atom. The zero-order valence-electron chi connectivity index (χ0n) is 31.1. The summed E-state index contributed by atoms with van der Waals surface area (Å²) in [5, 5.41) is 17.5. The first-order valence-corrected chi connectivity index (χ1v) is 18.7. The van der Waals surface area contributed by atoms with E-state index in [-0.39, 0.29) is 36.1 Å². The first kappa shape index (κ1) is 44.3. The van der Waals surface area contributed by atoms with E-state index < -0.39 is 0 Å². The third-order valence-electron chi connectivity index (χ3n) is 8.34. The number of esters is 1. The Bertz CT molecular complexity index is 782. The van der Waals surface area contributed by atoms with Crippen molar-refractivity contribution in [1.29, 1.82) is 0 Å². The van der Waals surface area contributed by atoms with E-state index >= 15 is 0 Å². The van der Waals surface area contributed by atoms with E-state index in [9.17, 15) is 4.79 Å². The van der Waals surface area contributed by atoms with Gasteiger partial charge >= 0.3 is 5.97 Å². The fourth-order valence-electron chi connectivity index (χ4n) is 6.76. The number of allylic oxidation sites excluding steroid dienone is 6. The Kier molecular flexibility index (Phi) is 28.4. The molecular weight excluding hydrogens is 570 g/mol. The molecule has 0 saturated heterocycles. The lowest BCUT2D eigenvalue weighted by Gasteiger charge is -2.36. The van der Waals surface area contributed by atoms with Crippen LogP contribution in [0.5, 0.6) is 0 Å². The van der Waals surface area contributed by atoms with Gasteiger partial charge in [-0.15, -0.1) is 0 Å². The summed E-state index contributed by atoms with van der Waals surface area (Å²) in [6.07, 6.45) is 38.8. The smallest absolute Gasteiger partial charge is 0.306 e. The van der Waals surface area contributed by atoms with Gasteiger partial charge in [-0.05, 0) is 95.6 Å². The highest BCUT2D eigenvalue weighted by molar-refractivity contribution is 5.70. The molecule has 0 aromatic rings. The highest BCUT2D eigenvalue weighted by atomic mass is 16.5. The van der Waals surface area contributed by atoms with E-state index in [1.807, 2.05) is 12.2 Å². The molecule has 0 aliphatic carbocycles. The second-order valence-electron chi connectivity index (χ2n) is 15.2. The maximum atomic E-state index is 13.2. The molecule has 0 aliphatic heterocycles. The molecule has 2 N–H and O–H groups in total. The van der Waals surface area contributed by atoms with Crippen molar-refractivity contribution >= 4 is 5.97 Å². The molecule has 0 aliphatic rings. The summed E-state index contributed by atoms with van der Waals surface area (Å²) in [7, 11) is 4.23. The van der Waals surface area contributed by atoms with Crippen LogP contribution in [0.4, 0.5) is 0 Å². The van der Waals surface area contributed by atoms with E-state index in [1.165, 1.54) is 64.2 Å². The van der Waals surface area contributed by atoms with Gasteiger partial charge in [-0.25, -0.2) is 0 Å². The minimum atomic E-state index is -0.0855. The zero-order valence-corrected chi connectivity index (χ0v) is 31.1. The molecule has 0 fully saturated rings. The molecule has 0 bridgehead atoms. The molecule has 46 heavy (non-hydrogen) atoms. The molecule has 0 aromatic carbocycles. The first-order valence-electron chi connectivity index (χ1n) is 18.7. The highest BCUT2D eigenvalue weighted by Crippen LogP contribution is 2.37. The number of aliphatic hydroxyl groups is 2. The van der Waals surface area contributed by atoms with Gasteiger partial charge < -0.3 is 19.8 Å². The number of aliphatic hydroxyl groups excluding tert-OH is 2. The largest absolute Gasteiger partial charge is 0.462 e. The van der Waals surface area contributed by atoms with Gasteiger partial charge in [0, 0.05) is 6.54 Å². The van der Waals surface area contributed by atoms with E-state index in [2.05, 4.69) is 71.0 Å². The lowest BCUT2D eigenvalue weighted by molar-refractivity contribution is -0.152. The van der Waals surface area contributed by atoms with Gasteiger partial charge in [0.25, 0.3) is 0 Å². The van der Waals surface area contributed by atoms with Crippen LogP contribution in [0.1, 0.15) is 156 Å². The molecule has 0 rings (SSSR count). The topological polar surface area (TPSA) is 70.0 Å². The third-order valence-corrected chi connectivity index (χ3v) is 8.34. The second kappa shape index (κ2) is 29.4. The fourth-order valence-corrected chi connectivity index (χ4v) is 6.76. The standard InChI is InChI=1S/C41H75NO4/c1-40(2,36-41(3,4)37-42(5)6)35-39(45)46-38(31-27-23-19-15-11-7-9-13-17-21-25-29-33-43)32-28-24-20-16-12-8-10-14-18-22-26-30-34-44/h13-14,17-18,25-26,29-30,38,43-44H,7-12,15-16,19-24,27-28,31-37H2,1-6H3/b17-13-,18-14-,29-25-,30-26-. The molecule has 268 valence electrons. The molecule has 0 unspecified atom stereocenters. The highest BCUT2D eigenvalue weighted by Gasteiger charge is 2.32. The summed E-state index contributed by atoms with van der Waals surface area (Å²) in [5.41, 5.74) is 0.0618. The number of rotatable bonds is 31. The van der Waals surface area contributed by atoms with Crippen molar-refractivity contribution in [3.05, 3.63) is 48.6 Å². The van der Waals surface area contributed by atoms with Crippen molar-refractivity contribution in [2.45, 2.75) is 162 Å². The SMILES string of the molecule is CN(C)CC(C)(C)CC(C)(C)CC(=O)OC(CCCCCCCC/C=C\C/C=C\CO)CCCCCCCC/C=C\C/C=C\CO. The lowest BCUT2D eigenvalue weighted by atomic mass is 9.73. The Morgan fingerprint density at radius 1 is 0.609 bits per heavy atom. The van der Waals surface area contributed by atoms with E-state index in [0.29, 0.717) is 6.42 Å². The minimum absolute atomic E-state index is 0.0181. The number of carbonyl (C=O) groups excluding carboxylic acids is 1. The van der Waals surface area contributed by atoms with Gasteiger partial charge in [0.2, 0.25) is 0 Å². The van der Waals surface area contributed by atoms with Gasteiger partial charge in [-0.2, -0.15) is 0 Å². The molecular formula is C41H75NO4. The maximum absolute atomic E-state index is 13.2. The van der Waals surface area contributed by atoms with Crippen LogP contribution in [0.3, 0.4) is 0 Å². The van der Waals surface area contributed by atoms with Crippen LogP contribution in [0.25, 0.3) is 0 Å². The molecule has 0 radical (unpaired) electrons. The van der Waals surface area contributed by atoms with Crippen LogP contribution in [0.15, 0.2) is 48.6 Å². The first-order chi connectivity index (χ1) is 22.0. The van der Waals surface area contributed by atoms with Crippen molar-refractivity contribution in [2.24, 2.45) is 10.8 Å². The summed E-state index contributed by atoms with van der Waals surface area (Å²) in [6.45, 7) is 10.3. The molecule has 0 heterocycles. The van der Waals surface area contributed by atoms with Crippen LogP contribution in [0.2, 0.25) is 0 Å². The van der Waals surface area contributed by atoms with Gasteiger partial charge in [0.15, 0.2) is 0 Å². The predicted octanol–water partition coefficient (Wildman–Crippen LogP) is 10.5. The Balaban J connectivity index is 4.54. The molecule has 0 aromatic heterocycles. The molecule has 0 amide bonds. The monoisotopic (exact) mass is 646 g/mol. The average Bonchev–Trinajstić information content (AvgIpc) is 2.96. The van der Waals surface area contributed by atoms with Gasteiger partial charge in [-0.1, -0.05) is 128 Å².